The maximum atomic E-state index is 13.2. The molecule has 3 rings (SSSR count). The molecule has 0 aliphatic heterocycles. The van der Waals surface area contributed by atoms with Gasteiger partial charge in [0.25, 0.3) is 5.91 Å². The summed E-state index contributed by atoms with van der Waals surface area (Å²) in [6.45, 7) is 11.6. The highest BCUT2D eigenvalue weighted by Gasteiger charge is 2.22. The minimum Gasteiger partial charge on any atom is -0.493 e. The largest absolute Gasteiger partial charge is 0.493 e. The predicted octanol–water partition coefficient (Wildman–Crippen LogP) is 5.10. The van der Waals surface area contributed by atoms with E-state index in [2.05, 4.69) is 44.7 Å². The van der Waals surface area contributed by atoms with Crippen LogP contribution in [0.25, 0.3) is 10.2 Å². The maximum absolute atomic E-state index is 13.2. The van der Waals surface area contributed by atoms with Crippen molar-refractivity contribution in [3.63, 3.8) is 0 Å². The molecule has 1 amide bonds. The van der Waals surface area contributed by atoms with Crippen LogP contribution in [-0.4, -0.2) is 55.7 Å². The molecule has 0 aliphatic rings. The fraction of sp³-hybridized carbons (Fsp3) is 0.417. The molecule has 0 atom stereocenters. The van der Waals surface area contributed by atoms with Crippen LogP contribution in [0.2, 0.25) is 0 Å². The van der Waals surface area contributed by atoms with E-state index in [1.807, 2.05) is 18.2 Å². The number of anilines is 1. The Balaban J connectivity index is 0.00000363. The Morgan fingerprint density at radius 1 is 1.03 bits per heavy atom. The van der Waals surface area contributed by atoms with Crippen LogP contribution >= 0.6 is 23.7 Å². The van der Waals surface area contributed by atoms with Crippen molar-refractivity contribution in [3.8, 4) is 11.5 Å². The van der Waals surface area contributed by atoms with Crippen LogP contribution in [-0.2, 0) is 4.79 Å². The second-order valence-corrected chi connectivity index (χ2v) is 8.37. The molecule has 0 unspecified atom stereocenters. The molecule has 1 aromatic heterocycles. The smallest absolute Gasteiger partial charge is 0.266 e. The van der Waals surface area contributed by atoms with Crippen molar-refractivity contribution >= 4 is 45.0 Å². The van der Waals surface area contributed by atoms with Crippen molar-refractivity contribution in [1.29, 1.82) is 0 Å². The van der Waals surface area contributed by atoms with Crippen molar-refractivity contribution < 1.29 is 14.3 Å². The van der Waals surface area contributed by atoms with Gasteiger partial charge in [-0.25, -0.2) is 4.98 Å². The highest BCUT2D eigenvalue weighted by Crippen LogP contribution is 2.32. The number of carbonyl (C=O) groups is 1. The molecular weight excluding hydrogens is 446 g/mol. The molecule has 0 saturated heterocycles. The van der Waals surface area contributed by atoms with E-state index in [-0.39, 0.29) is 24.9 Å². The van der Waals surface area contributed by atoms with Gasteiger partial charge in [0, 0.05) is 13.1 Å². The van der Waals surface area contributed by atoms with Gasteiger partial charge in [0.15, 0.2) is 23.2 Å². The second-order valence-electron chi connectivity index (χ2n) is 7.36. The van der Waals surface area contributed by atoms with Gasteiger partial charge in [0.1, 0.15) is 0 Å². The summed E-state index contributed by atoms with van der Waals surface area (Å²) < 4.78 is 12.2. The SMILES string of the molecule is CCN(CC)CCN(C(=O)COc1ccccc1OC)c1nc2c(C)c(C)ccc2s1.Cl. The monoisotopic (exact) mass is 477 g/mol. The number of rotatable bonds is 10. The molecule has 1 heterocycles. The topological polar surface area (TPSA) is 54.9 Å². The maximum Gasteiger partial charge on any atom is 0.266 e. The Bertz CT molecular complexity index is 1040. The summed E-state index contributed by atoms with van der Waals surface area (Å²) in [6, 6.07) is 11.5. The Labute approximate surface area is 200 Å². The van der Waals surface area contributed by atoms with E-state index in [1.165, 1.54) is 5.56 Å². The van der Waals surface area contributed by atoms with Crippen molar-refractivity contribution in [2.24, 2.45) is 0 Å². The van der Waals surface area contributed by atoms with Crippen LogP contribution in [0, 0.1) is 13.8 Å². The number of para-hydroxylation sites is 2. The molecule has 0 spiro atoms. The number of hydrogen-bond acceptors (Lipinski definition) is 6. The van der Waals surface area contributed by atoms with E-state index in [0.29, 0.717) is 23.2 Å². The number of amides is 1. The minimum absolute atomic E-state index is 0. The number of halogens is 1. The number of benzene rings is 2. The molecule has 174 valence electrons. The first-order chi connectivity index (χ1) is 15.0. The van der Waals surface area contributed by atoms with Gasteiger partial charge in [-0.15, -0.1) is 12.4 Å². The van der Waals surface area contributed by atoms with Gasteiger partial charge in [-0.3, -0.25) is 9.69 Å². The molecule has 0 N–H and O–H groups in total. The zero-order chi connectivity index (χ0) is 22.4. The van der Waals surface area contributed by atoms with Crippen molar-refractivity contribution in [2.75, 3.05) is 44.8 Å². The third-order valence-corrected chi connectivity index (χ3v) is 6.60. The summed E-state index contributed by atoms with van der Waals surface area (Å²) in [5.41, 5.74) is 3.32. The van der Waals surface area contributed by atoms with Crippen LogP contribution < -0.4 is 14.4 Å². The fourth-order valence-electron chi connectivity index (χ4n) is 3.39. The first-order valence-electron chi connectivity index (χ1n) is 10.6. The molecule has 0 bridgehead atoms. The fourth-order valence-corrected chi connectivity index (χ4v) is 4.46. The highest BCUT2D eigenvalue weighted by atomic mass is 35.5. The average molecular weight is 478 g/mol. The number of thiazole rings is 1. The lowest BCUT2D eigenvalue weighted by Crippen LogP contribution is -2.41. The van der Waals surface area contributed by atoms with Gasteiger partial charge in [0.2, 0.25) is 0 Å². The number of carbonyl (C=O) groups excluding carboxylic acids is 1. The summed E-state index contributed by atoms with van der Waals surface area (Å²) in [4.78, 5) is 22.1. The summed E-state index contributed by atoms with van der Waals surface area (Å²) in [6.07, 6.45) is 0. The number of methoxy groups -OCH3 is 1. The zero-order valence-corrected chi connectivity index (χ0v) is 21.0. The van der Waals surface area contributed by atoms with Crippen molar-refractivity contribution in [2.45, 2.75) is 27.7 Å². The summed E-state index contributed by atoms with van der Waals surface area (Å²) >= 11 is 1.55. The van der Waals surface area contributed by atoms with E-state index >= 15 is 0 Å². The molecule has 0 fully saturated rings. The zero-order valence-electron chi connectivity index (χ0n) is 19.4. The summed E-state index contributed by atoms with van der Waals surface area (Å²) in [5.74, 6) is 1.04. The van der Waals surface area contributed by atoms with E-state index in [9.17, 15) is 4.79 Å². The van der Waals surface area contributed by atoms with Gasteiger partial charge in [-0.05, 0) is 56.3 Å². The molecule has 0 saturated carbocycles. The van der Waals surface area contributed by atoms with Crippen LogP contribution in [0.4, 0.5) is 5.13 Å². The number of hydrogen-bond donors (Lipinski definition) is 0. The number of ether oxygens (including phenoxy) is 2. The Morgan fingerprint density at radius 2 is 1.72 bits per heavy atom. The lowest BCUT2D eigenvalue weighted by Gasteiger charge is -2.24. The average Bonchev–Trinajstić information content (AvgIpc) is 3.22. The van der Waals surface area contributed by atoms with Crippen LogP contribution in [0.3, 0.4) is 0 Å². The predicted molar refractivity (Wildman–Crippen MR) is 135 cm³/mol. The summed E-state index contributed by atoms with van der Waals surface area (Å²) in [7, 11) is 1.59. The van der Waals surface area contributed by atoms with Crippen LogP contribution in [0.15, 0.2) is 36.4 Å². The Kier molecular flexibility index (Phi) is 9.75. The number of fused-ring (bicyclic) bond motifs is 1. The molecule has 0 radical (unpaired) electrons. The minimum atomic E-state index is -0.119. The van der Waals surface area contributed by atoms with Crippen molar-refractivity contribution in [1.82, 2.24) is 9.88 Å². The molecular formula is C24H32ClN3O3S. The molecule has 32 heavy (non-hydrogen) atoms. The van der Waals surface area contributed by atoms with E-state index in [0.717, 1.165) is 35.4 Å². The molecule has 3 aromatic rings. The third kappa shape index (κ3) is 5.91. The van der Waals surface area contributed by atoms with Gasteiger partial charge >= 0.3 is 0 Å². The van der Waals surface area contributed by atoms with Gasteiger partial charge in [-0.2, -0.15) is 0 Å². The normalized spacial score (nSPS) is 10.8. The molecule has 8 heteroatoms. The van der Waals surface area contributed by atoms with Crippen LogP contribution in [0.1, 0.15) is 25.0 Å². The lowest BCUT2D eigenvalue weighted by molar-refractivity contribution is -0.120. The van der Waals surface area contributed by atoms with Crippen LogP contribution in [0.5, 0.6) is 11.5 Å². The number of aryl methyl sites for hydroxylation is 2. The highest BCUT2D eigenvalue weighted by molar-refractivity contribution is 7.22. The number of nitrogens with zero attached hydrogens (tertiary/aromatic N) is 3. The van der Waals surface area contributed by atoms with Gasteiger partial charge in [0.05, 0.1) is 17.3 Å². The third-order valence-electron chi connectivity index (χ3n) is 5.56. The first-order valence-corrected chi connectivity index (χ1v) is 11.4. The quantitative estimate of drug-likeness (QED) is 0.406. The molecule has 0 aliphatic carbocycles. The van der Waals surface area contributed by atoms with Gasteiger partial charge in [-0.1, -0.05) is 43.4 Å². The van der Waals surface area contributed by atoms with E-state index < -0.39 is 0 Å². The molecule has 6 nitrogen and oxygen atoms in total. The van der Waals surface area contributed by atoms with E-state index in [1.54, 1.807) is 29.4 Å². The Hall–Kier alpha value is -2.35. The second kappa shape index (κ2) is 12.0. The lowest BCUT2D eigenvalue weighted by atomic mass is 10.1. The standard InChI is InChI=1S/C24H31N3O3S.ClH/c1-6-26(7-2)14-15-27(22(28)16-30-20-11-9-8-10-19(20)29-5)24-25-23-18(4)17(3)12-13-21(23)31-24;/h8-13H,6-7,14-16H2,1-5H3;1H. The summed E-state index contributed by atoms with van der Waals surface area (Å²) in [5, 5.41) is 0.712. The molecule has 2 aromatic carbocycles. The van der Waals surface area contributed by atoms with Crippen molar-refractivity contribution in [3.05, 3.63) is 47.5 Å². The van der Waals surface area contributed by atoms with E-state index in [4.69, 9.17) is 14.5 Å². The first kappa shape index (κ1) is 25.9. The van der Waals surface area contributed by atoms with Gasteiger partial charge < -0.3 is 14.4 Å². The number of aromatic nitrogens is 1. The Morgan fingerprint density at radius 3 is 2.38 bits per heavy atom. The number of likely N-dealkylation sites (N-methyl/N-ethyl adjacent to an activating group) is 1.